The van der Waals surface area contributed by atoms with E-state index in [2.05, 4.69) is 4.98 Å². The smallest absolute Gasteiger partial charge is 0.195 e. The van der Waals surface area contributed by atoms with Gasteiger partial charge in [-0.3, -0.25) is 4.79 Å². The highest BCUT2D eigenvalue weighted by Gasteiger charge is 2.15. The van der Waals surface area contributed by atoms with E-state index in [1.54, 1.807) is 30.5 Å². The lowest BCUT2D eigenvalue weighted by Crippen LogP contribution is -2.02. The van der Waals surface area contributed by atoms with Gasteiger partial charge in [-0.2, -0.15) is 0 Å². The van der Waals surface area contributed by atoms with Crippen LogP contribution in [0, 0.1) is 12.7 Å². The molecule has 100 valence electrons. The van der Waals surface area contributed by atoms with Crippen LogP contribution in [0.1, 0.15) is 21.5 Å². The molecule has 20 heavy (non-hydrogen) atoms. The Bertz CT molecular complexity index is 800. The van der Waals surface area contributed by atoms with Crippen LogP contribution in [0.25, 0.3) is 10.9 Å². The highest BCUT2D eigenvalue weighted by Crippen LogP contribution is 2.23. The van der Waals surface area contributed by atoms with Crippen molar-refractivity contribution in [1.82, 2.24) is 4.98 Å². The number of fused-ring (bicyclic) bond motifs is 1. The Morgan fingerprint density at radius 2 is 2.00 bits per heavy atom. The first kappa shape index (κ1) is 12.4. The SMILES string of the molecule is Cc1cc(N)cc(C(=O)c2c[nH]c3cc(F)ccc23)c1. The van der Waals surface area contributed by atoms with Gasteiger partial charge in [0.15, 0.2) is 5.78 Å². The Kier molecular flexibility index (Phi) is 2.79. The maximum absolute atomic E-state index is 13.2. The molecular weight excluding hydrogens is 255 g/mol. The van der Waals surface area contributed by atoms with Gasteiger partial charge < -0.3 is 10.7 Å². The van der Waals surface area contributed by atoms with Crippen LogP contribution in [-0.2, 0) is 0 Å². The number of anilines is 1. The molecule has 0 aliphatic carbocycles. The van der Waals surface area contributed by atoms with Crippen molar-refractivity contribution in [2.45, 2.75) is 6.92 Å². The highest BCUT2D eigenvalue weighted by molar-refractivity contribution is 6.16. The molecule has 0 spiro atoms. The second-order valence-corrected chi connectivity index (χ2v) is 4.85. The van der Waals surface area contributed by atoms with Crippen molar-refractivity contribution in [3.63, 3.8) is 0 Å². The number of ketones is 1. The summed E-state index contributed by atoms with van der Waals surface area (Å²) in [6, 6.07) is 9.57. The number of nitrogen functional groups attached to an aromatic ring is 1. The van der Waals surface area contributed by atoms with Crippen LogP contribution < -0.4 is 5.73 Å². The van der Waals surface area contributed by atoms with E-state index in [1.165, 1.54) is 12.1 Å². The third-order valence-corrected chi connectivity index (χ3v) is 3.25. The summed E-state index contributed by atoms with van der Waals surface area (Å²) < 4.78 is 13.2. The number of aryl methyl sites for hydroxylation is 1. The van der Waals surface area contributed by atoms with Crippen LogP contribution in [0.3, 0.4) is 0 Å². The Morgan fingerprint density at radius 1 is 1.20 bits per heavy atom. The van der Waals surface area contributed by atoms with Gasteiger partial charge >= 0.3 is 0 Å². The number of halogens is 1. The monoisotopic (exact) mass is 268 g/mol. The summed E-state index contributed by atoms with van der Waals surface area (Å²) in [7, 11) is 0. The van der Waals surface area contributed by atoms with Gasteiger partial charge in [0, 0.05) is 33.9 Å². The predicted octanol–water partition coefficient (Wildman–Crippen LogP) is 3.43. The molecule has 0 unspecified atom stereocenters. The van der Waals surface area contributed by atoms with Gasteiger partial charge in [0.1, 0.15) is 5.82 Å². The molecule has 0 radical (unpaired) electrons. The van der Waals surface area contributed by atoms with Crippen LogP contribution in [0.5, 0.6) is 0 Å². The number of aromatic amines is 1. The standard InChI is InChI=1S/C16H13FN2O/c1-9-4-10(6-12(18)5-9)16(20)14-8-19-15-7-11(17)2-3-13(14)15/h2-8,19H,18H2,1H3. The number of rotatable bonds is 2. The maximum atomic E-state index is 13.2. The minimum Gasteiger partial charge on any atom is -0.399 e. The van der Waals surface area contributed by atoms with Crippen LogP contribution in [-0.4, -0.2) is 10.8 Å². The number of benzene rings is 2. The first-order valence-electron chi connectivity index (χ1n) is 6.23. The molecule has 1 heterocycles. The highest BCUT2D eigenvalue weighted by atomic mass is 19.1. The predicted molar refractivity (Wildman–Crippen MR) is 77.3 cm³/mol. The Labute approximate surface area is 115 Å². The fourth-order valence-corrected chi connectivity index (χ4v) is 2.39. The lowest BCUT2D eigenvalue weighted by Gasteiger charge is -2.03. The molecule has 0 aliphatic rings. The Hall–Kier alpha value is -2.62. The van der Waals surface area contributed by atoms with Crippen molar-refractivity contribution in [2.75, 3.05) is 5.73 Å². The molecule has 1 aromatic heterocycles. The fourth-order valence-electron chi connectivity index (χ4n) is 2.39. The number of carbonyl (C=O) groups is 1. The molecule has 0 amide bonds. The van der Waals surface area contributed by atoms with E-state index in [-0.39, 0.29) is 11.6 Å². The zero-order valence-electron chi connectivity index (χ0n) is 10.9. The Morgan fingerprint density at radius 3 is 2.75 bits per heavy atom. The van der Waals surface area contributed by atoms with Gasteiger partial charge in [0.05, 0.1) is 0 Å². The summed E-state index contributed by atoms with van der Waals surface area (Å²) in [4.78, 5) is 15.5. The second kappa shape index (κ2) is 4.49. The summed E-state index contributed by atoms with van der Waals surface area (Å²) in [6.07, 6.45) is 1.60. The quantitative estimate of drug-likeness (QED) is 0.552. The molecule has 0 bridgehead atoms. The van der Waals surface area contributed by atoms with Crippen molar-refractivity contribution in [1.29, 1.82) is 0 Å². The van der Waals surface area contributed by atoms with E-state index >= 15 is 0 Å². The summed E-state index contributed by atoms with van der Waals surface area (Å²) >= 11 is 0. The third kappa shape index (κ3) is 2.05. The normalized spacial score (nSPS) is 10.9. The Balaban J connectivity index is 2.12. The third-order valence-electron chi connectivity index (χ3n) is 3.25. The average Bonchev–Trinajstić information content (AvgIpc) is 2.79. The molecule has 3 rings (SSSR count). The molecule has 2 aromatic carbocycles. The fraction of sp³-hybridized carbons (Fsp3) is 0.0625. The van der Waals surface area contributed by atoms with E-state index in [0.29, 0.717) is 27.7 Å². The lowest BCUT2D eigenvalue weighted by molar-refractivity contribution is 0.104. The topological polar surface area (TPSA) is 58.9 Å². The summed E-state index contributed by atoms with van der Waals surface area (Å²) in [5.74, 6) is -0.462. The van der Waals surface area contributed by atoms with Gasteiger partial charge in [-0.15, -0.1) is 0 Å². The molecule has 0 saturated heterocycles. The van der Waals surface area contributed by atoms with E-state index in [9.17, 15) is 9.18 Å². The molecule has 3 aromatic rings. The van der Waals surface area contributed by atoms with E-state index in [1.807, 2.05) is 6.92 Å². The maximum Gasteiger partial charge on any atom is 0.195 e. The number of aromatic nitrogens is 1. The minimum atomic E-state index is -0.335. The van der Waals surface area contributed by atoms with Gasteiger partial charge in [-0.05, 0) is 48.9 Å². The van der Waals surface area contributed by atoms with Gasteiger partial charge in [0.2, 0.25) is 0 Å². The van der Waals surface area contributed by atoms with Crippen molar-refractivity contribution < 1.29 is 9.18 Å². The number of hydrogen-bond acceptors (Lipinski definition) is 2. The lowest BCUT2D eigenvalue weighted by atomic mass is 10.0. The van der Waals surface area contributed by atoms with Crippen LogP contribution in [0.4, 0.5) is 10.1 Å². The molecule has 3 N–H and O–H groups in total. The van der Waals surface area contributed by atoms with Crippen LogP contribution in [0.2, 0.25) is 0 Å². The van der Waals surface area contributed by atoms with Gasteiger partial charge in [-0.25, -0.2) is 4.39 Å². The van der Waals surface area contributed by atoms with Crippen LogP contribution >= 0.6 is 0 Å². The summed E-state index contributed by atoms with van der Waals surface area (Å²) in [6.45, 7) is 1.89. The van der Waals surface area contributed by atoms with Gasteiger partial charge in [0.25, 0.3) is 0 Å². The van der Waals surface area contributed by atoms with Crippen LogP contribution in [0.15, 0.2) is 42.6 Å². The molecular formula is C16H13FN2O. The zero-order chi connectivity index (χ0) is 14.3. The first-order chi connectivity index (χ1) is 9.54. The minimum absolute atomic E-state index is 0.127. The van der Waals surface area contributed by atoms with Crippen molar-refractivity contribution in [2.24, 2.45) is 0 Å². The molecule has 0 atom stereocenters. The molecule has 0 aliphatic heterocycles. The number of nitrogens with one attached hydrogen (secondary N) is 1. The number of hydrogen-bond donors (Lipinski definition) is 2. The molecule has 0 saturated carbocycles. The van der Waals surface area contributed by atoms with Crippen molar-refractivity contribution in [3.8, 4) is 0 Å². The largest absolute Gasteiger partial charge is 0.399 e. The molecule has 3 nitrogen and oxygen atoms in total. The number of carbonyl (C=O) groups excluding carboxylic acids is 1. The zero-order valence-corrected chi connectivity index (χ0v) is 10.9. The first-order valence-corrected chi connectivity index (χ1v) is 6.23. The van der Waals surface area contributed by atoms with E-state index in [0.717, 1.165) is 5.56 Å². The van der Waals surface area contributed by atoms with E-state index in [4.69, 9.17) is 5.73 Å². The van der Waals surface area contributed by atoms with E-state index < -0.39 is 0 Å². The number of nitrogens with two attached hydrogens (primary N) is 1. The number of H-pyrrole nitrogens is 1. The molecule has 4 heteroatoms. The second-order valence-electron chi connectivity index (χ2n) is 4.85. The van der Waals surface area contributed by atoms with Gasteiger partial charge in [-0.1, -0.05) is 0 Å². The van der Waals surface area contributed by atoms with Crippen molar-refractivity contribution >= 4 is 22.4 Å². The molecule has 0 fully saturated rings. The van der Waals surface area contributed by atoms with Crippen molar-refractivity contribution in [3.05, 3.63) is 65.1 Å². The average molecular weight is 268 g/mol. The summed E-state index contributed by atoms with van der Waals surface area (Å²) in [5, 5.41) is 0.705. The summed E-state index contributed by atoms with van der Waals surface area (Å²) in [5.41, 5.74) is 8.92.